The molecule has 0 radical (unpaired) electrons. The lowest BCUT2D eigenvalue weighted by Crippen LogP contribution is -2.05. The molecular weight excluding hydrogens is 360 g/mol. The quantitative estimate of drug-likeness (QED) is 0.598. The number of hydrogen-bond donors (Lipinski definition) is 2. The standard InChI is InChI=1S/C20H20N4O2S/c1-14(25)24-16-5-9-18(10-6-16)27-20-11-19(22-13-23-20)21-12-15-3-7-17(26-2)8-4-15/h3-11,13H,12H2,1-2H3,(H,24,25)(H,21,22,23). The second-order valence-corrected chi connectivity index (χ2v) is 6.84. The molecule has 2 N–H and O–H groups in total. The van der Waals surface area contributed by atoms with Crippen molar-refractivity contribution in [3.05, 3.63) is 66.5 Å². The lowest BCUT2D eigenvalue weighted by atomic mass is 10.2. The smallest absolute Gasteiger partial charge is 0.221 e. The zero-order chi connectivity index (χ0) is 19.1. The summed E-state index contributed by atoms with van der Waals surface area (Å²) in [5, 5.41) is 6.90. The Balaban J connectivity index is 1.60. The first-order chi connectivity index (χ1) is 13.1. The molecule has 27 heavy (non-hydrogen) atoms. The van der Waals surface area contributed by atoms with Crippen molar-refractivity contribution in [2.24, 2.45) is 0 Å². The van der Waals surface area contributed by atoms with Crippen LogP contribution in [-0.2, 0) is 11.3 Å². The zero-order valence-electron chi connectivity index (χ0n) is 15.1. The van der Waals surface area contributed by atoms with Crippen LogP contribution in [-0.4, -0.2) is 23.0 Å². The molecule has 3 aromatic rings. The van der Waals surface area contributed by atoms with Crippen LogP contribution in [0.5, 0.6) is 5.75 Å². The van der Waals surface area contributed by atoms with Crippen LogP contribution < -0.4 is 15.4 Å². The summed E-state index contributed by atoms with van der Waals surface area (Å²) in [4.78, 5) is 20.7. The number of methoxy groups -OCH3 is 1. The first kappa shape index (κ1) is 18.7. The third kappa shape index (κ3) is 5.72. The van der Waals surface area contributed by atoms with Crippen LogP contribution in [0.25, 0.3) is 0 Å². The van der Waals surface area contributed by atoms with E-state index in [1.165, 1.54) is 18.7 Å². The maximum atomic E-state index is 11.1. The van der Waals surface area contributed by atoms with Gasteiger partial charge in [-0.05, 0) is 42.0 Å². The van der Waals surface area contributed by atoms with E-state index in [0.29, 0.717) is 6.54 Å². The number of aromatic nitrogens is 2. The Morgan fingerprint density at radius 3 is 2.48 bits per heavy atom. The average molecular weight is 380 g/mol. The summed E-state index contributed by atoms with van der Waals surface area (Å²) in [6.45, 7) is 2.15. The summed E-state index contributed by atoms with van der Waals surface area (Å²) in [6.07, 6.45) is 1.55. The molecule has 1 heterocycles. The molecule has 0 aliphatic heterocycles. The molecule has 0 saturated carbocycles. The minimum absolute atomic E-state index is 0.0845. The molecule has 7 heteroatoms. The van der Waals surface area contributed by atoms with E-state index >= 15 is 0 Å². The van der Waals surface area contributed by atoms with Gasteiger partial charge in [-0.25, -0.2) is 9.97 Å². The number of anilines is 2. The molecule has 0 aliphatic rings. The minimum atomic E-state index is -0.0845. The van der Waals surface area contributed by atoms with Crippen molar-refractivity contribution >= 4 is 29.2 Å². The Labute approximate surface area is 162 Å². The van der Waals surface area contributed by atoms with Crippen LogP contribution in [0.4, 0.5) is 11.5 Å². The maximum absolute atomic E-state index is 11.1. The molecule has 0 atom stereocenters. The number of benzene rings is 2. The summed E-state index contributed by atoms with van der Waals surface area (Å²) in [5.74, 6) is 1.51. The summed E-state index contributed by atoms with van der Waals surface area (Å²) < 4.78 is 5.17. The fourth-order valence-electron chi connectivity index (χ4n) is 2.36. The minimum Gasteiger partial charge on any atom is -0.497 e. The summed E-state index contributed by atoms with van der Waals surface area (Å²) in [6, 6.07) is 17.4. The molecule has 0 spiro atoms. The summed E-state index contributed by atoms with van der Waals surface area (Å²) >= 11 is 1.54. The van der Waals surface area contributed by atoms with E-state index in [4.69, 9.17) is 4.74 Å². The summed E-state index contributed by atoms with van der Waals surface area (Å²) in [5.41, 5.74) is 1.91. The van der Waals surface area contributed by atoms with Crippen molar-refractivity contribution in [1.82, 2.24) is 9.97 Å². The van der Waals surface area contributed by atoms with Gasteiger partial charge in [-0.15, -0.1) is 0 Å². The van der Waals surface area contributed by atoms with E-state index in [1.807, 2.05) is 54.6 Å². The third-order valence-corrected chi connectivity index (χ3v) is 4.61. The van der Waals surface area contributed by atoms with Crippen molar-refractivity contribution in [2.45, 2.75) is 23.4 Å². The molecule has 0 bridgehead atoms. The third-order valence-electron chi connectivity index (χ3n) is 3.67. The lowest BCUT2D eigenvalue weighted by molar-refractivity contribution is -0.114. The Bertz CT molecular complexity index is 899. The molecule has 138 valence electrons. The van der Waals surface area contributed by atoms with Crippen molar-refractivity contribution < 1.29 is 9.53 Å². The largest absolute Gasteiger partial charge is 0.497 e. The van der Waals surface area contributed by atoms with Gasteiger partial charge in [0.2, 0.25) is 5.91 Å². The predicted octanol–water partition coefficient (Wildman–Crippen LogP) is 4.21. The molecule has 1 aromatic heterocycles. The Morgan fingerprint density at radius 2 is 1.81 bits per heavy atom. The first-order valence-corrected chi connectivity index (χ1v) is 9.18. The van der Waals surface area contributed by atoms with Gasteiger partial charge in [0, 0.05) is 30.1 Å². The van der Waals surface area contributed by atoms with Crippen molar-refractivity contribution in [2.75, 3.05) is 17.7 Å². The van der Waals surface area contributed by atoms with Crippen LogP contribution in [0.2, 0.25) is 0 Å². The highest BCUT2D eigenvalue weighted by molar-refractivity contribution is 7.99. The number of hydrogen-bond acceptors (Lipinski definition) is 6. The molecule has 0 saturated heterocycles. The molecule has 3 rings (SSSR count). The number of carbonyl (C=O) groups excluding carboxylic acids is 1. The van der Waals surface area contributed by atoms with Crippen molar-refractivity contribution in [1.29, 1.82) is 0 Å². The molecule has 2 aromatic carbocycles. The van der Waals surface area contributed by atoms with E-state index in [-0.39, 0.29) is 5.91 Å². The van der Waals surface area contributed by atoms with Gasteiger partial charge in [0.15, 0.2) is 0 Å². The Hall–Kier alpha value is -3.06. The highest BCUT2D eigenvalue weighted by Gasteiger charge is 2.03. The van der Waals surface area contributed by atoms with Gasteiger partial charge in [-0.3, -0.25) is 4.79 Å². The fourth-order valence-corrected chi connectivity index (χ4v) is 3.14. The van der Waals surface area contributed by atoms with Crippen LogP contribution >= 0.6 is 11.8 Å². The molecule has 6 nitrogen and oxygen atoms in total. The monoisotopic (exact) mass is 380 g/mol. The Morgan fingerprint density at radius 1 is 1.07 bits per heavy atom. The normalized spacial score (nSPS) is 10.3. The van der Waals surface area contributed by atoms with Gasteiger partial charge in [-0.2, -0.15) is 0 Å². The average Bonchev–Trinajstić information content (AvgIpc) is 2.68. The number of amides is 1. The number of nitrogens with one attached hydrogen (secondary N) is 2. The zero-order valence-corrected chi connectivity index (χ0v) is 15.9. The van der Waals surface area contributed by atoms with Gasteiger partial charge in [0.25, 0.3) is 0 Å². The number of rotatable bonds is 7. The maximum Gasteiger partial charge on any atom is 0.221 e. The topological polar surface area (TPSA) is 76.1 Å². The van der Waals surface area contributed by atoms with Gasteiger partial charge in [0.1, 0.15) is 22.9 Å². The van der Waals surface area contributed by atoms with E-state index in [1.54, 1.807) is 13.4 Å². The van der Waals surface area contributed by atoms with Crippen LogP contribution in [0.1, 0.15) is 12.5 Å². The van der Waals surface area contributed by atoms with Crippen LogP contribution in [0.3, 0.4) is 0 Å². The van der Waals surface area contributed by atoms with Gasteiger partial charge in [-0.1, -0.05) is 23.9 Å². The van der Waals surface area contributed by atoms with Crippen LogP contribution in [0.15, 0.2) is 70.8 Å². The SMILES string of the molecule is COc1ccc(CNc2cc(Sc3ccc(NC(C)=O)cc3)ncn2)cc1. The second kappa shape index (κ2) is 9.05. The highest BCUT2D eigenvalue weighted by Crippen LogP contribution is 2.28. The lowest BCUT2D eigenvalue weighted by Gasteiger charge is -2.08. The first-order valence-electron chi connectivity index (χ1n) is 8.37. The second-order valence-electron chi connectivity index (χ2n) is 5.75. The van der Waals surface area contributed by atoms with Crippen molar-refractivity contribution in [3.63, 3.8) is 0 Å². The predicted molar refractivity (Wildman–Crippen MR) is 107 cm³/mol. The molecule has 0 aliphatic carbocycles. The Kier molecular flexibility index (Phi) is 6.27. The molecule has 1 amide bonds. The number of carbonyl (C=O) groups is 1. The number of nitrogens with zero attached hydrogens (tertiary/aromatic N) is 2. The van der Waals surface area contributed by atoms with Crippen molar-refractivity contribution in [3.8, 4) is 5.75 Å². The van der Waals surface area contributed by atoms with E-state index < -0.39 is 0 Å². The van der Waals surface area contributed by atoms with E-state index in [0.717, 1.165) is 32.7 Å². The van der Waals surface area contributed by atoms with Gasteiger partial charge >= 0.3 is 0 Å². The molecule has 0 fully saturated rings. The van der Waals surface area contributed by atoms with Crippen LogP contribution in [0, 0.1) is 0 Å². The summed E-state index contributed by atoms with van der Waals surface area (Å²) in [7, 11) is 1.65. The fraction of sp³-hybridized carbons (Fsp3) is 0.150. The number of ether oxygens (including phenoxy) is 1. The van der Waals surface area contributed by atoms with E-state index in [2.05, 4.69) is 20.6 Å². The van der Waals surface area contributed by atoms with Gasteiger partial charge < -0.3 is 15.4 Å². The van der Waals surface area contributed by atoms with Gasteiger partial charge in [0.05, 0.1) is 7.11 Å². The highest BCUT2D eigenvalue weighted by atomic mass is 32.2. The molecular formula is C20H20N4O2S. The van der Waals surface area contributed by atoms with E-state index in [9.17, 15) is 4.79 Å². The molecule has 0 unspecified atom stereocenters.